The summed E-state index contributed by atoms with van der Waals surface area (Å²) in [7, 11) is 0. The average molecular weight is 300 g/mol. The van der Waals surface area contributed by atoms with Gasteiger partial charge in [-0.15, -0.1) is 11.3 Å². The van der Waals surface area contributed by atoms with Crippen LogP contribution in [0.3, 0.4) is 0 Å². The van der Waals surface area contributed by atoms with Gasteiger partial charge in [0.25, 0.3) is 0 Å². The Morgan fingerprint density at radius 2 is 2.33 bits per heavy atom. The van der Waals surface area contributed by atoms with Crippen LogP contribution in [0.1, 0.15) is 4.88 Å². The van der Waals surface area contributed by atoms with Gasteiger partial charge in [0.2, 0.25) is 0 Å². The fraction of sp³-hybridized carbons (Fsp3) is 0.0769. The Balaban J connectivity index is 1.62. The number of aromatic nitrogens is 4. The summed E-state index contributed by atoms with van der Waals surface area (Å²) in [5, 5.41) is 7.41. The van der Waals surface area contributed by atoms with Gasteiger partial charge >= 0.3 is 6.03 Å². The van der Waals surface area contributed by atoms with Crippen molar-refractivity contribution in [1.82, 2.24) is 24.8 Å². The van der Waals surface area contributed by atoms with Crippen molar-refractivity contribution in [2.24, 2.45) is 0 Å². The summed E-state index contributed by atoms with van der Waals surface area (Å²) in [6, 6.07) is 5.28. The fourth-order valence-corrected chi connectivity index (χ4v) is 2.34. The largest absolute Gasteiger partial charge is 0.333 e. The molecule has 0 aliphatic heterocycles. The summed E-state index contributed by atoms with van der Waals surface area (Å²) in [5.41, 5.74) is 0. The smallest absolute Gasteiger partial charge is 0.320 e. The number of hydrogen-bond donors (Lipinski definition) is 2. The molecule has 7 nitrogen and oxygen atoms in total. The van der Waals surface area contributed by atoms with E-state index >= 15 is 0 Å². The molecule has 106 valence electrons. The van der Waals surface area contributed by atoms with Gasteiger partial charge in [-0.1, -0.05) is 6.07 Å². The molecule has 0 radical (unpaired) electrons. The summed E-state index contributed by atoms with van der Waals surface area (Å²) in [6.07, 6.45) is 6.44. The standard InChI is InChI=1S/C13H12N6OS/c20-13(15-7-10-2-1-5-21-10)18-11-6-12(17-8-16-11)19-4-3-14-9-19/h1-6,8-9H,7H2,(H2,15,16,17,18,20). The van der Waals surface area contributed by atoms with E-state index in [2.05, 4.69) is 25.6 Å². The maximum Gasteiger partial charge on any atom is 0.320 e. The summed E-state index contributed by atoms with van der Waals surface area (Å²) in [6.45, 7) is 0.489. The molecule has 0 fully saturated rings. The summed E-state index contributed by atoms with van der Waals surface area (Å²) >= 11 is 1.59. The zero-order valence-electron chi connectivity index (χ0n) is 10.9. The van der Waals surface area contributed by atoms with Gasteiger partial charge in [-0.2, -0.15) is 0 Å². The topological polar surface area (TPSA) is 84.7 Å². The SMILES string of the molecule is O=C(NCc1cccs1)Nc1cc(-n2ccnc2)ncn1. The Kier molecular flexibility index (Phi) is 3.88. The number of anilines is 1. The van der Waals surface area contributed by atoms with Gasteiger partial charge in [0.15, 0.2) is 0 Å². The molecule has 8 heteroatoms. The van der Waals surface area contributed by atoms with Gasteiger partial charge in [0.05, 0.1) is 6.54 Å². The van der Waals surface area contributed by atoms with Gasteiger partial charge in [0.1, 0.15) is 24.3 Å². The minimum absolute atomic E-state index is 0.307. The Hall–Kier alpha value is -2.74. The molecular weight excluding hydrogens is 288 g/mol. The number of hydrogen-bond acceptors (Lipinski definition) is 5. The number of carbonyl (C=O) groups excluding carboxylic acids is 1. The zero-order chi connectivity index (χ0) is 14.5. The molecule has 0 saturated heterocycles. The first-order valence-corrected chi connectivity index (χ1v) is 7.07. The third-order valence-electron chi connectivity index (χ3n) is 2.67. The number of urea groups is 1. The molecular formula is C13H12N6OS. The van der Waals surface area contributed by atoms with Crippen LogP contribution >= 0.6 is 11.3 Å². The molecule has 3 rings (SSSR count). The molecule has 21 heavy (non-hydrogen) atoms. The molecule has 2 N–H and O–H groups in total. The maximum atomic E-state index is 11.8. The first-order chi connectivity index (χ1) is 10.3. The summed E-state index contributed by atoms with van der Waals surface area (Å²) in [5.74, 6) is 1.06. The Bertz CT molecular complexity index is 710. The van der Waals surface area contributed by atoms with Gasteiger partial charge in [-0.05, 0) is 11.4 Å². The number of imidazole rings is 1. The molecule has 0 bridgehead atoms. The molecule has 0 atom stereocenters. The minimum Gasteiger partial charge on any atom is -0.333 e. The molecule has 2 amide bonds. The van der Waals surface area contributed by atoms with E-state index in [-0.39, 0.29) is 6.03 Å². The van der Waals surface area contributed by atoms with E-state index in [4.69, 9.17) is 0 Å². The molecule has 0 unspecified atom stereocenters. The van der Waals surface area contributed by atoms with Gasteiger partial charge < -0.3 is 5.32 Å². The second-order valence-electron chi connectivity index (χ2n) is 4.12. The van der Waals surface area contributed by atoms with Crippen molar-refractivity contribution in [3.63, 3.8) is 0 Å². The maximum absolute atomic E-state index is 11.8. The highest BCUT2D eigenvalue weighted by molar-refractivity contribution is 7.09. The third kappa shape index (κ3) is 3.42. The highest BCUT2D eigenvalue weighted by Crippen LogP contribution is 2.09. The van der Waals surface area contributed by atoms with Crippen molar-refractivity contribution in [3.8, 4) is 5.82 Å². The quantitative estimate of drug-likeness (QED) is 0.772. The zero-order valence-corrected chi connectivity index (χ0v) is 11.7. The van der Waals surface area contributed by atoms with Crippen LogP contribution in [0.4, 0.5) is 10.6 Å². The predicted molar refractivity (Wildman–Crippen MR) is 79.3 cm³/mol. The molecule has 0 aliphatic carbocycles. The molecule has 3 aromatic rings. The Morgan fingerprint density at radius 1 is 1.38 bits per heavy atom. The molecule has 3 aromatic heterocycles. The molecule has 3 heterocycles. The van der Waals surface area contributed by atoms with Crippen molar-refractivity contribution in [3.05, 3.63) is 53.5 Å². The second kappa shape index (κ2) is 6.14. The lowest BCUT2D eigenvalue weighted by molar-refractivity contribution is 0.252. The van der Waals surface area contributed by atoms with Crippen LogP contribution in [0.25, 0.3) is 5.82 Å². The second-order valence-corrected chi connectivity index (χ2v) is 5.15. The van der Waals surface area contributed by atoms with Crippen LogP contribution < -0.4 is 10.6 Å². The number of nitrogens with one attached hydrogen (secondary N) is 2. The Labute approximate surface area is 124 Å². The summed E-state index contributed by atoms with van der Waals surface area (Å²) in [4.78, 5) is 25.0. The van der Waals surface area contributed by atoms with Gasteiger partial charge in [0, 0.05) is 23.3 Å². The summed E-state index contributed by atoms with van der Waals surface area (Å²) < 4.78 is 1.73. The number of thiophene rings is 1. The van der Waals surface area contributed by atoms with Crippen LogP contribution in [-0.4, -0.2) is 25.6 Å². The highest BCUT2D eigenvalue weighted by atomic mass is 32.1. The lowest BCUT2D eigenvalue weighted by atomic mass is 10.4. The van der Waals surface area contributed by atoms with Crippen LogP contribution in [0, 0.1) is 0 Å². The van der Waals surface area contributed by atoms with Gasteiger partial charge in [-0.25, -0.2) is 19.7 Å². The lowest BCUT2D eigenvalue weighted by Gasteiger charge is -2.07. The molecule has 0 spiro atoms. The number of rotatable bonds is 4. The van der Waals surface area contributed by atoms with E-state index in [1.807, 2.05) is 17.5 Å². The van der Waals surface area contributed by atoms with Crippen molar-refractivity contribution in [2.45, 2.75) is 6.54 Å². The monoisotopic (exact) mass is 300 g/mol. The van der Waals surface area contributed by atoms with Gasteiger partial charge in [-0.3, -0.25) is 9.88 Å². The van der Waals surface area contributed by atoms with E-state index < -0.39 is 0 Å². The van der Waals surface area contributed by atoms with Crippen LogP contribution in [-0.2, 0) is 6.54 Å². The van der Waals surface area contributed by atoms with Crippen molar-refractivity contribution >= 4 is 23.2 Å². The molecule has 0 aliphatic rings. The van der Waals surface area contributed by atoms with E-state index in [1.54, 1.807) is 40.7 Å². The van der Waals surface area contributed by atoms with E-state index in [0.29, 0.717) is 18.2 Å². The van der Waals surface area contributed by atoms with Crippen LogP contribution in [0.5, 0.6) is 0 Å². The molecule has 0 aromatic carbocycles. The van der Waals surface area contributed by atoms with Crippen molar-refractivity contribution < 1.29 is 4.79 Å². The van der Waals surface area contributed by atoms with E-state index in [0.717, 1.165) is 4.88 Å². The van der Waals surface area contributed by atoms with E-state index in [1.165, 1.54) is 6.33 Å². The lowest BCUT2D eigenvalue weighted by Crippen LogP contribution is -2.28. The first-order valence-electron chi connectivity index (χ1n) is 6.19. The normalized spacial score (nSPS) is 10.3. The van der Waals surface area contributed by atoms with Crippen molar-refractivity contribution in [1.29, 1.82) is 0 Å². The highest BCUT2D eigenvalue weighted by Gasteiger charge is 2.05. The van der Waals surface area contributed by atoms with Crippen LogP contribution in [0.15, 0.2) is 48.6 Å². The molecule has 0 saturated carbocycles. The third-order valence-corrected chi connectivity index (χ3v) is 3.54. The Morgan fingerprint density at radius 3 is 3.10 bits per heavy atom. The van der Waals surface area contributed by atoms with Crippen LogP contribution in [0.2, 0.25) is 0 Å². The minimum atomic E-state index is -0.307. The average Bonchev–Trinajstić information content (AvgIpc) is 3.19. The van der Waals surface area contributed by atoms with E-state index in [9.17, 15) is 4.79 Å². The number of nitrogens with zero attached hydrogens (tertiary/aromatic N) is 4. The number of carbonyl (C=O) groups is 1. The predicted octanol–water partition coefficient (Wildman–Crippen LogP) is 2.05. The first kappa shape index (κ1) is 13.3. The van der Waals surface area contributed by atoms with Crippen molar-refractivity contribution in [2.75, 3.05) is 5.32 Å². The fourth-order valence-electron chi connectivity index (χ4n) is 1.69. The number of amides is 2.